The van der Waals surface area contributed by atoms with Crippen molar-refractivity contribution in [3.05, 3.63) is 0 Å². The van der Waals surface area contributed by atoms with Crippen LogP contribution >= 0.6 is 0 Å². The van der Waals surface area contributed by atoms with Gasteiger partial charge in [0, 0.05) is 32.5 Å². The lowest BCUT2D eigenvalue weighted by Gasteiger charge is -2.34. The highest BCUT2D eigenvalue weighted by Gasteiger charge is 2.27. The fraction of sp³-hybridized carbons (Fsp3) is 0.867. The van der Waals surface area contributed by atoms with Gasteiger partial charge in [0.1, 0.15) is 0 Å². The molecule has 20 heavy (non-hydrogen) atoms. The van der Waals surface area contributed by atoms with E-state index >= 15 is 0 Å². The van der Waals surface area contributed by atoms with Crippen molar-refractivity contribution >= 4 is 11.8 Å². The van der Waals surface area contributed by atoms with Crippen molar-refractivity contribution in [2.24, 2.45) is 11.8 Å². The van der Waals surface area contributed by atoms with Crippen LogP contribution in [0.2, 0.25) is 0 Å². The van der Waals surface area contributed by atoms with Crippen LogP contribution in [0.5, 0.6) is 0 Å². The summed E-state index contributed by atoms with van der Waals surface area (Å²) >= 11 is 0. The molecule has 0 heterocycles. The van der Waals surface area contributed by atoms with Gasteiger partial charge in [-0.25, -0.2) is 0 Å². The van der Waals surface area contributed by atoms with E-state index < -0.39 is 0 Å². The summed E-state index contributed by atoms with van der Waals surface area (Å²) in [5, 5.41) is 5.79. The predicted molar refractivity (Wildman–Crippen MR) is 78.2 cm³/mol. The largest absolute Gasteiger partial charge is 0.383 e. The van der Waals surface area contributed by atoms with Crippen LogP contribution in [0.4, 0.5) is 0 Å². The summed E-state index contributed by atoms with van der Waals surface area (Å²) in [5.41, 5.74) is 0. The Kier molecular flexibility index (Phi) is 7.59. The molecule has 0 aromatic carbocycles. The number of amides is 2. The minimum atomic E-state index is -0.0951. The third kappa shape index (κ3) is 5.90. The van der Waals surface area contributed by atoms with Crippen LogP contribution in [-0.2, 0) is 14.3 Å². The summed E-state index contributed by atoms with van der Waals surface area (Å²) in [5.74, 6) is 1.06. The van der Waals surface area contributed by atoms with Crippen LogP contribution in [0.1, 0.15) is 46.0 Å². The van der Waals surface area contributed by atoms with E-state index in [1.165, 1.54) is 12.8 Å². The SMILES string of the molecule is COCCNC(=O)CCC(=O)N[C@@H]1CCC[C@H](C)[C@@H]1C. The van der Waals surface area contributed by atoms with Crippen molar-refractivity contribution in [2.45, 2.75) is 52.0 Å². The molecular formula is C15H28N2O3. The average Bonchev–Trinajstić information content (AvgIpc) is 2.42. The van der Waals surface area contributed by atoms with Crippen LogP contribution in [0.25, 0.3) is 0 Å². The first-order valence-corrected chi connectivity index (χ1v) is 7.59. The maximum Gasteiger partial charge on any atom is 0.220 e. The number of carbonyl (C=O) groups excluding carboxylic acids is 2. The van der Waals surface area contributed by atoms with Gasteiger partial charge in [-0.3, -0.25) is 9.59 Å². The van der Waals surface area contributed by atoms with Gasteiger partial charge in [-0.05, 0) is 18.3 Å². The highest BCUT2D eigenvalue weighted by Crippen LogP contribution is 2.29. The molecule has 0 aromatic rings. The second-order valence-electron chi connectivity index (χ2n) is 5.78. The maximum atomic E-state index is 11.9. The standard InChI is InChI=1S/C15H28N2O3/c1-11-5-4-6-13(12(11)2)17-15(19)8-7-14(18)16-9-10-20-3/h11-13H,4-10H2,1-3H3,(H,16,18)(H,17,19)/t11-,12-,13+/m0/s1. The second-order valence-corrected chi connectivity index (χ2v) is 5.78. The zero-order valence-corrected chi connectivity index (χ0v) is 12.9. The number of methoxy groups -OCH3 is 1. The normalized spacial score (nSPS) is 26.1. The Morgan fingerprint density at radius 1 is 1.15 bits per heavy atom. The van der Waals surface area contributed by atoms with Crippen molar-refractivity contribution < 1.29 is 14.3 Å². The van der Waals surface area contributed by atoms with Gasteiger partial charge < -0.3 is 15.4 Å². The van der Waals surface area contributed by atoms with Gasteiger partial charge in [0.05, 0.1) is 6.61 Å². The first-order chi connectivity index (χ1) is 9.54. The number of hydrogen-bond donors (Lipinski definition) is 2. The van der Waals surface area contributed by atoms with Crippen LogP contribution < -0.4 is 10.6 Å². The second kappa shape index (κ2) is 8.95. The average molecular weight is 284 g/mol. The highest BCUT2D eigenvalue weighted by atomic mass is 16.5. The molecule has 0 saturated heterocycles. The summed E-state index contributed by atoms with van der Waals surface area (Å²) in [6.45, 7) is 5.43. The molecule has 0 aliphatic heterocycles. The zero-order chi connectivity index (χ0) is 15.0. The highest BCUT2D eigenvalue weighted by molar-refractivity contribution is 5.83. The third-order valence-corrected chi connectivity index (χ3v) is 4.26. The lowest BCUT2D eigenvalue weighted by Crippen LogP contribution is -2.44. The van der Waals surface area contributed by atoms with E-state index in [0.717, 1.165) is 6.42 Å². The Morgan fingerprint density at radius 2 is 1.85 bits per heavy atom. The quantitative estimate of drug-likeness (QED) is 0.696. The van der Waals surface area contributed by atoms with Crippen LogP contribution in [0.3, 0.4) is 0 Å². The van der Waals surface area contributed by atoms with E-state index in [-0.39, 0.29) is 30.7 Å². The molecule has 5 nitrogen and oxygen atoms in total. The lowest BCUT2D eigenvalue weighted by molar-refractivity contribution is -0.127. The molecule has 1 saturated carbocycles. The van der Waals surface area contributed by atoms with Crippen molar-refractivity contribution in [1.29, 1.82) is 0 Å². The van der Waals surface area contributed by atoms with E-state index in [2.05, 4.69) is 24.5 Å². The molecule has 0 spiro atoms. The molecule has 0 bridgehead atoms. The lowest BCUT2D eigenvalue weighted by atomic mass is 9.78. The Bertz CT molecular complexity index is 320. The number of nitrogens with one attached hydrogen (secondary N) is 2. The molecule has 5 heteroatoms. The summed E-state index contributed by atoms with van der Waals surface area (Å²) in [6.07, 6.45) is 3.98. The smallest absolute Gasteiger partial charge is 0.220 e. The van der Waals surface area contributed by atoms with Crippen LogP contribution in [-0.4, -0.2) is 38.1 Å². The van der Waals surface area contributed by atoms with E-state index in [0.29, 0.717) is 25.0 Å². The van der Waals surface area contributed by atoms with Crippen molar-refractivity contribution in [2.75, 3.05) is 20.3 Å². The van der Waals surface area contributed by atoms with E-state index in [1.54, 1.807) is 7.11 Å². The summed E-state index contributed by atoms with van der Waals surface area (Å²) in [7, 11) is 1.59. The molecule has 1 rings (SSSR count). The first-order valence-electron chi connectivity index (χ1n) is 7.59. The molecule has 116 valence electrons. The summed E-state index contributed by atoms with van der Waals surface area (Å²) in [6, 6.07) is 0.266. The molecule has 0 unspecified atom stereocenters. The Morgan fingerprint density at radius 3 is 2.55 bits per heavy atom. The number of rotatable bonds is 7. The van der Waals surface area contributed by atoms with E-state index in [4.69, 9.17) is 4.74 Å². The van der Waals surface area contributed by atoms with Crippen molar-refractivity contribution in [3.8, 4) is 0 Å². The molecule has 1 fully saturated rings. The molecular weight excluding hydrogens is 256 g/mol. The minimum Gasteiger partial charge on any atom is -0.383 e. The van der Waals surface area contributed by atoms with Crippen molar-refractivity contribution in [1.82, 2.24) is 10.6 Å². The summed E-state index contributed by atoms with van der Waals surface area (Å²) < 4.78 is 4.85. The fourth-order valence-electron chi connectivity index (χ4n) is 2.67. The van der Waals surface area contributed by atoms with E-state index in [9.17, 15) is 9.59 Å². The van der Waals surface area contributed by atoms with Gasteiger partial charge in [0.15, 0.2) is 0 Å². The number of ether oxygens (including phenoxy) is 1. The number of carbonyl (C=O) groups is 2. The topological polar surface area (TPSA) is 67.4 Å². The molecule has 3 atom stereocenters. The van der Waals surface area contributed by atoms with Gasteiger partial charge in [-0.15, -0.1) is 0 Å². The van der Waals surface area contributed by atoms with Crippen LogP contribution in [0, 0.1) is 11.8 Å². The summed E-state index contributed by atoms with van der Waals surface area (Å²) in [4.78, 5) is 23.4. The van der Waals surface area contributed by atoms with Gasteiger partial charge >= 0.3 is 0 Å². The number of hydrogen-bond acceptors (Lipinski definition) is 3. The van der Waals surface area contributed by atoms with Gasteiger partial charge in [0.25, 0.3) is 0 Å². The first kappa shape index (κ1) is 17.0. The maximum absolute atomic E-state index is 11.9. The van der Waals surface area contributed by atoms with Crippen LogP contribution in [0.15, 0.2) is 0 Å². The zero-order valence-electron chi connectivity index (χ0n) is 12.9. The fourth-order valence-corrected chi connectivity index (χ4v) is 2.67. The Labute approximate surface area is 121 Å². The third-order valence-electron chi connectivity index (χ3n) is 4.26. The molecule has 0 radical (unpaired) electrons. The van der Waals surface area contributed by atoms with Gasteiger partial charge in [-0.2, -0.15) is 0 Å². The Hall–Kier alpha value is -1.10. The van der Waals surface area contributed by atoms with Crippen molar-refractivity contribution in [3.63, 3.8) is 0 Å². The predicted octanol–water partition coefficient (Wildman–Crippen LogP) is 1.47. The Balaban J connectivity index is 2.21. The van der Waals surface area contributed by atoms with E-state index in [1.807, 2.05) is 0 Å². The molecule has 2 N–H and O–H groups in total. The minimum absolute atomic E-state index is 0.0159. The molecule has 0 aromatic heterocycles. The van der Waals surface area contributed by atoms with Gasteiger partial charge in [0.2, 0.25) is 11.8 Å². The molecule has 1 aliphatic rings. The monoisotopic (exact) mass is 284 g/mol. The molecule has 1 aliphatic carbocycles. The molecule has 2 amide bonds. The van der Waals surface area contributed by atoms with Gasteiger partial charge in [-0.1, -0.05) is 26.7 Å².